The highest BCUT2D eigenvalue weighted by Gasteiger charge is 2.02. The van der Waals surface area contributed by atoms with Gasteiger partial charge in [-0.05, 0) is 42.4 Å². The van der Waals surface area contributed by atoms with Gasteiger partial charge < -0.3 is 25.0 Å². The topological polar surface area (TPSA) is 58.1 Å². The second kappa shape index (κ2) is 13.0. The maximum absolute atomic E-state index is 5.93. The number of hydrogen-bond acceptors (Lipinski definition) is 4. The van der Waals surface area contributed by atoms with Gasteiger partial charge in [-0.15, -0.1) is 0 Å². The fourth-order valence-electron chi connectivity index (χ4n) is 2.62. The molecule has 0 aliphatic carbocycles. The van der Waals surface area contributed by atoms with E-state index in [1.807, 2.05) is 36.4 Å². The van der Waals surface area contributed by atoms with Crippen molar-refractivity contribution in [3.63, 3.8) is 0 Å². The Balaban J connectivity index is 1.75. The van der Waals surface area contributed by atoms with Crippen molar-refractivity contribution in [2.24, 2.45) is 4.99 Å². The molecule has 0 bridgehead atoms. The smallest absolute Gasteiger partial charge is 0.191 e. The number of aliphatic imine (C=N–C) groups is 1. The number of hydrogen-bond donors (Lipinski definition) is 2. The molecule has 0 heterocycles. The van der Waals surface area contributed by atoms with E-state index in [1.165, 1.54) is 0 Å². The number of guanidine groups is 1. The van der Waals surface area contributed by atoms with E-state index in [-0.39, 0.29) is 0 Å². The quantitative estimate of drug-likeness (QED) is 0.433. The zero-order valence-corrected chi connectivity index (χ0v) is 18.2. The average Bonchev–Trinajstić information content (AvgIpc) is 2.74. The third-order valence-electron chi connectivity index (χ3n) is 4.37. The van der Waals surface area contributed by atoms with Gasteiger partial charge in [-0.3, -0.25) is 4.99 Å². The molecule has 6 nitrogen and oxygen atoms in total. The molecule has 2 aromatic carbocycles. The molecule has 0 aliphatic rings. The lowest BCUT2D eigenvalue weighted by Crippen LogP contribution is -2.36. The number of ether oxygens (including phenoxy) is 2. The molecule has 0 amide bonds. The molecule has 0 saturated heterocycles. The molecule has 2 rings (SSSR count). The van der Waals surface area contributed by atoms with E-state index >= 15 is 0 Å². The minimum absolute atomic E-state index is 0.640. The summed E-state index contributed by atoms with van der Waals surface area (Å²) < 4.78 is 11.0. The highest BCUT2D eigenvalue weighted by atomic mass is 35.5. The van der Waals surface area contributed by atoms with Crippen molar-refractivity contribution in [1.82, 2.24) is 15.5 Å². The maximum Gasteiger partial charge on any atom is 0.191 e. The highest BCUT2D eigenvalue weighted by molar-refractivity contribution is 6.30. The number of rotatable bonds is 11. The zero-order chi connectivity index (χ0) is 20.9. The standard InChI is InChI=1S/C22H31ClN4O2/c1-24-22(25-16-18-7-9-20(23)10-8-18)26-17-19-5-4-6-21(15-19)29-14-12-27(2)11-13-28-3/h4-10,15H,11-14,16-17H2,1-3H3,(H2,24,25,26). The summed E-state index contributed by atoms with van der Waals surface area (Å²) in [6.07, 6.45) is 0. The number of methoxy groups -OCH3 is 1. The summed E-state index contributed by atoms with van der Waals surface area (Å²) >= 11 is 5.93. The number of halogens is 1. The maximum atomic E-state index is 5.93. The predicted molar refractivity (Wildman–Crippen MR) is 120 cm³/mol. The van der Waals surface area contributed by atoms with Crippen LogP contribution >= 0.6 is 11.6 Å². The summed E-state index contributed by atoms with van der Waals surface area (Å²) in [4.78, 5) is 6.46. The monoisotopic (exact) mass is 418 g/mol. The van der Waals surface area contributed by atoms with Gasteiger partial charge in [0.15, 0.2) is 5.96 Å². The highest BCUT2D eigenvalue weighted by Crippen LogP contribution is 2.13. The fraction of sp³-hybridized carbons (Fsp3) is 0.409. The van der Waals surface area contributed by atoms with E-state index in [9.17, 15) is 0 Å². The van der Waals surface area contributed by atoms with Gasteiger partial charge in [0.25, 0.3) is 0 Å². The van der Waals surface area contributed by atoms with Crippen molar-refractivity contribution in [3.8, 4) is 5.75 Å². The van der Waals surface area contributed by atoms with Crippen LogP contribution < -0.4 is 15.4 Å². The first-order valence-corrected chi connectivity index (χ1v) is 10.1. The Morgan fingerprint density at radius 3 is 2.38 bits per heavy atom. The third kappa shape index (κ3) is 9.17. The molecule has 158 valence electrons. The summed E-state index contributed by atoms with van der Waals surface area (Å²) in [5.74, 6) is 1.61. The predicted octanol–water partition coefficient (Wildman–Crippen LogP) is 3.16. The largest absolute Gasteiger partial charge is 0.492 e. The number of benzene rings is 2. The molecule has 0 saturated carbocycles. The first-order valence-electron chi connectivity index (χ1n) is 9.69. The van der Waals surface area contributed by atoms with Gasteiger partial charge in [0.2, 0.25) is 0 Å². The molecule has 0 aromatic heterocycles. The molecule has 0 spiro atoms. The zero-order valence-electron chi connectivity index (χ0n) is 17.5. The molecule has 7 heteroatoms. The van der Waals surface area contributed by atoms with Crippen LogP contribution in [0.2, 0.25) is 5.02 Å². The average molecular weight is 419 g/mol. The van der Waals surface area contributed by atoms with Gasteiger partial charge in [-0.25, -0.2) is 0 Å². The normalized spacial score (nSPS) is 11.6. The van der Waals surface area contributed by atoms with Crippen molar-refractivity contribution in [2.45, 2.75) is 13.1 Å². The minimum Gasteiger partial charge on any atom is -0.492 e. The van der Waals surface area contributed by atoms with Crippen LogP contribution in [0.15, 0.2) is 53.5 Å². The van der Waals surface area contributed by atoms with E-state index in [2.05, 4.69) is 39.7 Å². The van der Waals surface area contributed by atoms with Crippen molar-refractivity contribution in [3.05, 3.63) is 64.7 Å². The molecular weight excluding hydrogens is 388 g/mol. The van der Waals surface area contributed by atoms with E-state index in [0.717, 1.165) is 47.6 Å². The lowest BCUT2D eigenvalue weighted by atomic mass is 10.2. The summed E-state index contributed by atoms with van der Waals surface area (Å²) in [5.41, 5.74) is 2.27. The van der Waals surface area contributed by atoms with Gasteiger partial charge in [0.1, 0.15) is 12.4 Å². The molecule has 29 heavy (non-hydrogen) atoms. The van der Waals surface area contributed by atoms with Gasteiger partial charge in [0.05, 0.1) is 6.61 Å². The number of nitrogens with zero attached hydrogens (tertiary/aromatic N) is 2. The number of nitrogens with one attached hydrogen (secondary N) is 2. The van der Waals surface area contributed by atoms with Crippen LogP contribution in [0.4, 0.5) is 0 Å². The summed E-state index contributed by atoms with van der Waals surface area (Å²) in [6.45, 7) is 4.45. The first-order chi connectivity index (χ1) is 14.1. The Kier molecular flexibility index (Phi) is 10.3. The molecule has 2 N–H and O–H groups in total. The fourth-order valence-corrected chi connectivity index (χ4v) is 2.74. The molecule has 2 aromatic rings. The summed E-state index contributed by atoms with van der Waals surface area (Å²) in [7, 11) is 5.54. The van der Waals surface area contributed by atoms with Crippen LogP contribution in [0.1, 0.15) is 11.1 Å². The van der Waals surface area contributed by atoms with Crippen LogP contribution in [0.25, 0.3) is 0 Å². The Bertz CT molecular complexity index is 753. The third-order valence-corrected chi connectivity index (χ3v) is 4.63. The molecule has 0 fully saturated rings. The van der Waals surface area contributed by atoms with Gasteiger partial charge >= 0.3 is 0 Å². The molecule has 0 unspecified atom stereocenters. The Labute approximate surface area is 178 Å². The SMILES string of the molecule is CN=C(NCc1ccc(Cl)cc1)NCc1cccc(OCCN(C)CCOC)c1. The second-order valence-electron chi connectivity index (χ2n) is 6.70. The van der Waals surface area contributed by atoms with Crippen molar-refractivity contribution < 1.29 is 9.47 Å². The summed E-state index contributed by atoms with van der Waals surface area (Å²) in [5, 5.41) is 7.37. The van der Waals surface area contributed by atoms with Crippen LogP contribution in [0, 0.1) is 0 Å². The number of likely N-dealkylation sites (N-methyl/N-ethyl adjacent to an activating group) is 1. The van der Waals surface area contributed by atoms with E-state index < -0.39 is 0 Å². The second-order valence-corrected chi connectivity index (χ2v) is 7.13. The van der Waals surface area contributed by atoms with Crippen LogP contribution in [0.5, 0.6) is 5.75 Å². The summed E-state index contributed by atoms with van der Waals surface area (Å²) in [6, 6.07) is 15.9. The lowest BCUT2D eigenvalue weighted by Gasteiger charge is -2.16. The van der Waals surface area contributed by atoms with Crippen LogP contribution in [-0.2, 0) is 17.8 Å². The molecule has 0 radical (unpaired) electrons. The van der Waals surface area contributed by atoms with E-state index in [0.29, 0.717) is 19.7 Å². The molecule has 0 aliphatic heterocycles. The van der Waals surface area contributed by atoms with Crippen LogP contribution in [-0.4, -0.2) is 58.4 Å². The first kappa shape index (κ1) is 23.0. The van der Waals surface area contributed by atoms with Crippen molar-refractivity contribution in [1.29, 1.82) is 0 Å². The molecule has 0 atom stereocenters. The van der Waals surface area contributed by atoms with Gasteiger partial charge in [-0.2, -0.15) is 0 Å². The lowest BCUT2D eigenvalue weighted by molar-refractivity contribution is 0.150. The van der Waals surface area contributed by atoms with Crippen molar-refractivity contribution >= 4 is 17.6 Å². The Morgan fingerprint density at radius 2 is 1.69 bits per heavy atom. The molecular formula is C22H31ClN4O2. The van der Waals surface area contributed by atoms with Gasteiger partial charge in [-0.1, -0.05) is 35.9 Å². The van der Waals surface area contributed by atoms with Crippen molar-refractivity contribution in [2.75, 3.05) is 47.5 Å². The Morgan fingerprint density at radius 1 is 1.00 bits per heavy atom. The van der Waals surface area contributed by atoms with E-state index in [4.69, 9.17) is 21.1 Å². The van der Waals surface area contributed by atoms with Gasteiger partial charge in [0, 0.05) is 45.4 Å². The minimum atomic E-state index is 0.640. The van der Waals surface area contributed by atoms with Crippen LogP contribution in [0.3, 0.4) is 0 Å². The Hall–Kier alpha value is -2.28. The van der Waals surface area contributed by atoms with E-state index in [1.54, 1.807) is 14.2 Å².